The van der Waals surface area contributed by atoms with Crippen molar-refractivity contribution in [1.82, 2.24) is 10.2 Å². The van der Waals surface area contributed by atoms with E-state index in [1.165, 1.54) is 11.1 Å². The molecule has 1 heterocycles. The first-order valence-electron chi connectivity index (χ1n) is 7.15. The molecule has 0 amide bonds. The summed E-state index contributed by atoms with van der Waals surface area (Å²) in [6.07, 6.45) is 0. The number of benzene rings is 1. The van der Waals surface area contributed by atoms with Gasteiger partial charge < -0.3 is 5.32 Å². The van der Waals surface area contributed by atoms with Gasteiger partial charge >= 0.3 is 0 Å². The van der Waals surface area contributed by atoms with Crippen LogP contribution in [0.15, 0.2) is 24.3 Å². The summed E-state index contributed by atoms with van der Waals surface area (Å²) in [5.41, 5.74) is 2.90. The van der Waals surface area contributed by atoms with Crippen molar-refractivity contribution in [2.45, 2.75) is 45.7 Å². The summed E-state index contributed by atoms with van der Waals surface area (Å²) >= 11 is 0. The van der Waals surface area contributed by atoms with Crippen molar-refractivity contribution >= 4 is 0 Å². The van der Waals surface area contributed by atoms with Gasteiger partial charge in [0.05, 0.1) is 0 Å². The second-order valence-electron chi connectivity index (χ2n) is 5.85. The third-order valence-electron chi connectivity index (χ3n) is 4.01. The molecule has 0 aliphatic carbocycles. The predicted octanol–water partition coefficient (Wildman–Crippen LogP) is 3.16. The van der Waals surface area contributed by atoms with Crippen LogP contribution in [0.1, 0.15) is 50.8 Å². The van der Waals surface area contributed by atoms with Crippen molar-refractivity contribution in [2.24, 2.45) is 0 Å². The largest absolute Gasteiger partial charge is 0.312 e. The minimum atomic E-state index is 0.522. The van der Waals surface area contributed by atoms with Crippen LogP contribution in [0.4, 0.5) is 0 Å². The monoisotopic (exact) mass is 246 g/mol. The molecule has 0 spiro atoms. The van der Waals surface area contributed by atoms with Gasteiger partial charge in [-0.25, -0.2) is 0 Å². The van der Waals surface area contributed by atoms with Crippen molar-refractivity contribution < 1.29 is 0 Å². The van der Waals surface area contributed by atoms with Crippen LogP contribution in [-0.4, -0.2) is 30.6 Å². The number of hydrogen-bond acceptors (Lipinski definition) is 2. The Morgan fingerprint density at radius 2 is 1.94 bits per heavy atom. The molecule has 2 atom stereocenters. The average molecular weight is 246 g/mol. The van der Waals surface area contributed by atoms with Crippen LogP contribution in [-0.2, 0) is 0 Å². The normalized spacial score (nSPS) is 23.3. The maximum atomic E-state index is 3.51. The molecule has 2 nitrogen and oxygen atoms in total. The minimum Gasteiger partial charge on any atom is -0.312 e. The van der Waals surface area contributed by atoms with Gasteiger partial charge in [-0.3, -0.25) is 4.90 Å². The lowest BCUT2D eigenvalue weighted by atomic mass is 9.97. The second-order valence-corrected chi connectivity index (χ2v) is 5.85. The minimum absolute atomic E-state index is 0.522. The van der Waals surface area contributed by atoms with E-state index in [1.807, 2.05) is 0 Å². The Morgan fingerprint density at radius 1 is 1.22 bits per heavy atom. The van der Waals surface area contributed by atoms with Gasteiger partial charge in [0.25, 0.3) is 0 Å². The van der Waals surface area contributed by atoms with Gasteiger partial charge in [0.2, 0.25) is 0 Å². The zero-order valence-electron chi connectivity index (χ0n) is 12.1. The molecule has 0 bridgehead atoms. The molecular weight excluding hydrogens is 220 g/mol. The fourth-order valence-corrected chi connectivity index (χ4v) is 2.70. The summed E-state index contributed by atoms with van der Waals surface area (Å²) in [5.74, 6) is 0.610. The molecule has 0 saturated carbocycles. The van der Waals surface area contributed by atoms with Gasteiger partial charge in [-0.15, -0.1) is 0 Å². The smallest absolute Gasteiger partial charge is 0.0321 e. The highest BCUT2D eigenvalue weighted by Crippen LogP contribution is 2.24. The quantitative estimate of drug-likeness (QED) is 0.881. The van der Waals surface area contributed by atoms with E-state index < -0.39 is 0 Å². The second kappa shape index (κ2) is 5.85. The van der Waals surface area contributed by atoms with Crippen LogP contribution in [0, 0.1) is 0 Å². The molecule has 1 saturated heterocycles. The Morgan fingerprint density at radius 3 is 2.61 bits per heavy atom. The Kier molecular flexibility index (Phi) is 4.41. The third kappa shape index (κ3) is 3.12. The molecule has 1 aromatic carbocycles. The molecule has 1 aromatic rings. The van der Waals surface area contributed by atoms with Crippen LogP contribution in [0.5, 0.6) is 0 Å². The molecule has 1 aliphatic heterocycles. The van der Waals surface area contributed by atoms with Crippen molar-refractivity contribution in [3.05, 3.63) is 35.4 Å². The predicted molar refractivity (Wildman–Crippen MR) is 78.0 cm³/mol. The molecule has 2 rings (SSSR count). The summed E-state index contributed by atoms with van der Waals surface area (Å²) < 4.78 is 0. The molecule has 0 unspecified atom stereocenters. The van der Waals surface area contributed by atoms with E-state index in [0.717, 1.165) is 19.6 Å². The Bertz CT molecular complexity index is 386. The summed E-state index contributed by atoms with van der Waals surface area (Å²) in [6.45, 7) is 12.5. The lowest BCUT2D eigenvalue weighted by Gasteiger charge is -2.36. The number of hydrogen-bond donors (Lipinski definition) is 1. The number of nitrogens with zero attached hydrogens (tertiary/aromatic N) is 1. The highest BCUT2D eigenvalue weighted by Gasteiger charge is 2.21. The van der Waals surface area contributed by atoms with E-state index >= 15 is 0 Å². The highest BCUT2D eigenvalue weighted by atomic mass is 15.2. The molecule has 100 valence electrons. The standard InChI is InChI=1S/C16H26N2/c1-12(2)15-6-5-7-16(10-15)14(4)18-9-8-17-13(3)11-18/h5-7,10,12-14,17H,8-9,11H2,1-4H3/t13-,14-/m0/s1. The zero-order valence-corrected chi connectivity index (χ0v) is 12.1. The molecular formula is C16H26N2. The Hall–Kier alpha value is -0.860. The average Bonchev–Trinajstić information content (AvgIpc) is 2.38. The molecule has 1 aliphatic rings. The summed E-state index contributed by atoms with van der Waals surface area (Å²) in [4.78, 5) is 2.58. The highest BCUT2D eigenvalue weighted by molar-refractivity contribution is 5.27. The number of rotatable bonds is 3. The van der Waals surface area contributed by atoms with E-state index in [-0.39, 0.29) is 0 Å². The lowest BCUT2D eigenvalue weighted by molar-refractivity contribution is 0.158. The van der Waals surface area contributed by atoms with Crippen molar-refractivity contribution in [2.75, 3.05) is 19.6 Å². The molecule has 1 N–H and O–H groups in total. The van der Waals surface area contributed by atoms with E-state index in [2.05, 4.69) is 62.2 Å². The fraction of sp³-hybridized carbons (Fsp3) is 0.625. The van der Waals surface area contributed by atoms with Crippen LogP contribution in [0.3, 0.4) is 0 Å². The van der Waals surface area contributed by atoms with Gasteiger partial charge in [-0.1, -0.05) is 38.1 Å². The van der Waals surface area contributed by atoms with Gasteiger partial charge in [-0.2, -0.15) is 0 Å². The first kappa shape index (κ1) is 13.6. The maximum absolute atomic E-state index is 3.51. The van der Waals surface area contributed by atoms with Crippen LogP contribution in [0.25, 0.3) is 0 Å². The van der Waals surface area contributed by atoms with Crippen LogP contribution < -0.4 is 5.32 Å². The maximum Gasteiger partial charge on any atom is 0.0321 e. The van der Waals surface area contributed by atoms with E-state index in [9.17, 15) is 0 Å². The first-order valence-corrected chi connectivity index (χ1v) is 7.15. The fourth-order valence-electron chi connectivity index (χ4n) is 2.70. The van der Waals surface area contributed by atoms with Gasteiger partial charge in [0.15, 0.2) is 0 Å². The third-order valence-corrected chi connectivity index (χ3v) is 4.01. The van der Waals surface area contributed by atoms with E-state index in [0.29, 0.717) is 18.0 Å². The Labute approximate surface area is 111 Å². The van der Waals surface area contributed by atoms with Crippen molar-refractivity contribution in [1.29, 1.82) is 0 Å². The van der Waals surface area contributed by atoms with E-state index in [1.54, 1.807) is 0 Å². The Balaban J connectivity index is 2.12. The van der Waals surface area contributed by atoms with Crippen LogP contribution >= 0.6 is 0 Å². The van der Waals surface area contributed by atoms with Gasteiger partial charge in [0.1, 0.15) is 0 Å². The molecule has 0 radical (unpaired) electrons. The topological polar surface area (TPSA) is 15.3 Å². The van der Waals surface area contributed by atoms with Crippen LogP contribution in [0.2, 0.25) is 0 Å². The van der Waals surface area contributed by atoms with Gasteiger partial charge in [0, 0.05) is 31.7 Å². The van der Waals surface area contributed by atoms with Crippen molar-refractivity contribution in [3.8, 4) is 0 Å². The van der Waals surface area contributed by atoms with E-state index in [4.69, 9.17) is 0 Å². The number of nitrogens with one attached hydrogen (secondary N) is 1. The zero-order chi connectivity index (χ0) is 13.1. The summed E-state index contributed by atoms with van der Waals surface area (Å²) in [6, 6.07) is 10.2. The molecule has 0 aromatic heterocycles. The SMILES string of the molecule is CC(C)c1cccc([C@H](C)N2CCN[C@@H](C)C2)c1. The first-order chi connectivity index (χ1) is 8.58. The lowest BCUT2D eigenvalue weighted by Crippen LogP contribution is -2.49. The molecule has 1 fully saturated rings. The summed E-state index contributed by atoms with van der Waals surface area (Å²) in [7, 11) is 0. The van der Waals surface area contributed by atoms with Crippen molar-refractivity contribution in [3.63, 3.8) is 0 Å². The molecule has 18 heavy (non-hydrogen) atoms. The number of piperazine rings is 1. The molecule has 2 heteroatoms. The van der Waals surface area contributed by atoms with Gasteiger partial charge in [-0.05, 0) is 30.9 Å². The summed E-state index contributed by atoms with van der Waals surface area (Å²) in [5, 5.41) is 3.51.